The number of carbonyl (C=O) groups is 2. The molecule has 0 aromatic heterocycles. The van der Waals surface area contributed by atoms with Crippen molar-refractivity contribution in [1.82, 2.24) is 10.6 Å². The van der Waals surface area contributed by atoms with Crippen molar-refractivity contribution in [3.05, 3.63) is 71.3 Å². The highest BCUT2D eigenvalue weighted by Gasteiger charge is 2.09. The number of rotatable bonds is 8. The molecule has 0 spiro atoms. The molecule has 0 aliphatic carbocycles. The van der Waals surface area contributed by atoms with Crippen LogP contribution >= 0.6 is 0 Å². The Kier molecular flexibility index (Phi) is 7.20. The fourth-order valence-corrected chi connectivity index (χ4v) is 2.41. The van der Waals surface area contributed by atoms with Crippen LogP contribution in [-0.4, -0.2) is 24.9 Å². The Labute approximate surface area is 149 Å². The Morgan fingerprint density at radius 2 is 1.40 bits per heavy atom. The first-order valence-electron chi connectivity index (χ1n) is 8.76. The molecule has 0 atom stereocenters. The van der Waals surface area contributed by atoms with Gasteiger partial charge in [0.05, 0.1) is 0 Å². The maximum atomic E-state index is 12.1. The van der Waals surface area contributed by atoms with Gasteiger partial charge in [-0.1, -0.05) is 44.2 Å². The zero-order chi connectivity index (χ0) is 18.1. The lowest BCUT2D eigenvalue weighted by Gasteiger charge is -2.09. The van der Waals surface area contributed by atoms with Gasteiger partial charge in [0.1, 0.15) is 0 Å². The van der Waals surface area contributed by atoms with Crippen molar-refractivity contribution in [3.8, 4) is 0 Å². The van der Waals surface area contributed by atoms with E-state index < -0.39 is 0 Å². The number of hydrogen-bond donors (Lipinski definition) is 2. The predicted octanol–water partition coefficient (Wildman–Crippen LogP) is 3.44. The molecule has 0 radical (unpaired) electrons. The number of hydrogen-bond acceptors (Lipinski definition) is 2. The standard InChI is InChI=1S/C21H26N2O2/c1-16(2)15-23-21(25)19-12-10-18(11-13-19)20(24)22-14-6-9-17-7-4-3-5-8-17/h3-5,7-8,10-13,16H,6,9,14-15H2,1-2H3,(H,22,24)(H,23,25). The van der Waals surface area contributed by atoms with E-state index in [1.807, 2.05) is 32.0 Å². The van der Waals surface area contributed by atoms with Gasteiger partial charge in [-0.3, -0.25) is 9.59 Å². The molecule has 2 rings (SSSR count). The minimum atomic E-state index is -0.109. The van der Waals surface area contributed by atoms with Gasteiger partial charge in [-0.25, -0.2) is 0 Å². The lowest BCUT2D eigenvalue weighted by molar-refractivity contribution is 0.0939. The van der Waals surface area contributed by atoms with E-state index in [1.54, 1.807) is 24.3 Å². The molecular formula is C21H26N2O2. The summed E-state index contributed by atoms with van der Waals surface area (Å²) >= 11 is 0. The summed E-state index contributed by atoms with van der Waals surface area (Å²) in [4.78, 5) is 24.1. The molecule has 2 aromatic rings. The van der Waals surface area contributed by atoms with Gasteiger partial charge in [0, 0.05) is 24.2 Å². The summed E-state index contributed by atoms with van der Waals surface area (Å²) in [5.74, 6) is 0.190. The Hall–Kier alpha value is -2.62. The van der Waals surface area contributed by atoms with Crippen LogP contribution in [0.4, 0.5) is 0 Å². The van der Waals surface area contributed by atoms with E-state index in [9.17, 15) is 9.59 Å². The van der Waals surface area contributed by atoms with Crippen molar-refractivity contribution < 1.29 is 9.59 Å². The molecule has 0 heterocycles. The van der Waals surface area contributed by atoms with Crippen LogP contribution in [0.5, 0.6) is 0 Å². The molecule has 25 heavy (non-hydrogen) atoms. The second-order valence-electron chi connectivity index (χ2n) is 6.53. The maximum absolute atomic E-state index is 12.1. The number of benzene rings is 2. The Bertz CT molecular complexity index is 679. The van der Waals surface area contributed by atoms with E-state index in [0.29, 0.717) is 30.1 Å². The van der Waals surface area contributed by atoms with E-state index in [1.165, 1.54) is 5.56 Å². The zero-order valence-electron chi connectivity index (χ0n) is 14.9. The third kappa shape index (κ3) is 6.42. The fourth-order valence-electron chi connectivity index (χ4n) is 2.41. The Morgan fingerprint density at radius 1 is 0.840 bits per heavy atom. The molecule has 4 heteroatoms. The summed E-state index contributed by atoms with van der Waals surface area (Å²) in [6, 6.07) is 17.0. The molecule has 0 unspecified atom stereocenters. The highest BCUT2D eigenvalue weighted by Crippen LogP contribution is 2.06. The van der Waals surface area contributed by atoms with E-state index in [0.717, 1.165) is 12.8 Å². The van der Waals surface area contributed by atoms with Gasteiger partial charge in [-0.15, -0.1) is 0 Å². The number of carbonyl (C=O) groups excluding carboxylic acids is 2. The van der Waals surface area contributed by atoms with Gasteiger partial charge < -0.3 is 10.6 Å². The topological polar surface area (TPSA) is 58.2 Å². The van der Waals surface area contributed by atoms with Crippen molar-refractivity contribution in [2.75, 3.05) is 13.1 Å². The van der Waals surface area contributed by atoms with E-state index in [4.69, 9.17) is 0 Å². The number of aryl methyl sites for hydroxylation is 1. The average Bonchev–Trinajstić information content (AvgIpc) is 2.64. The van der Waals surface area contributed by atoms with Gasteiger partial charge >= 0.3 is 0 Å². The van der Waals surface area contributed by atoms with Crippen molar-refractivity contribution in [1.29, 1.82) is 0 Å². The molecule has 0 bridgehead atoms. The van der Waals surface area contributed by atoms with E-state index in [-0.39, 0.29) is 11.8 Å². The monoisotopic (exact) mass is 338 g/mol. The second-order valence-corrected chi connectivity index (χ2v) is 6.53. The highest BCUT2D eigenvalue weighted by molar-refractivity contribution is 5.97. The van der Waals surface area contributed by atoms with Gasteiger partial charge in [0.25, 0.3) is 11.8 Å². The van der Waals surface area contributed by atoms with Crippen LogP contribution in [0.25, 0.3) is 0 Å². The van der Waals surface area contributed by atoms with Crippen LogP contribution in [0, 0.1) is 5.92 Å². The smallest absolute Gasteiger partial charge is 0.251 e. The second kappa shape index (κ2) is 9.62. The molecule has 2 amide bonds. The largest absolute Gasteiger partial charge is 0.352 e. The third-order valence-electron chi connectivity index (χ3n) is 3.85. The molecule has 2 aromatic carbocycles. The molecule has 4 nitrogen and oxygen atoms in total. The lowest BCUT2D eigenvalue weighted by Crippen LogP contribution is -2.27. The van der Waals surface area contributed by atoms with Gasteiger partial charge in [0.15, 0.2) is 0 Å². The number of nitrogens with one attached hydrogen (secondary N) is 2. The third-order valence-corrected chi connectivity index (χ3v) is 3.85. The van der Waals surface area contributed by atoms with Crippen LogP contribution in [0.2, 0.25) is 0 Å². The molecular weight excluding hydrogens is 312 g/mol. The van der Waals surface area contributed by atoms with E-state index in [2.05, 4.69) is 22.8 Å². The SMILES string of the molecule is CC(C)CNC(=O)c1ccc(C(=O)NCCCc2ccccc2)cc1. The van der Waals surface area contributed by atoms with Crippen LogP contribution in [0.3, 0.4) is 0 Å². The molecule has 0 aliphatic heterocycles. The normalized spacial score (nSPS) is 10.5. The predicted molar refractivity (Wildman–Crippen MR) is 101 cm³/mol. The van der Waals surface area contributed by atoms with Crippen LogP contribution in [0.15, 0.2) is 54.6 Å². The van der Waals surface area contributed by atoms with Gasteiger partial charge in [0.2, 0.25) is 0 Å². The van der Waals surface area contributed by atoms with Crippen molar-refractivity contribution in [3.63, 3.8) is 0 Å². The molecule has 0 fully saturated rings. The van der Waals surface area contributed by atoms with Crippen molar-refractivity contribution in [2.24, 2.45) is 5.92 Å². The summed E-state index contributed by atoms with van der Waals surface area (Å²) in [6.45, 7) is 5.36. The zero-order valence-corrected chi connectivity index (χ0v) is 14.9. The Balaban J connectivity index is 1.77. The molecule has 0 saturated carbocycles. The van der Waals surface area contributed by atoms with Crippen LogP contribution in [0.1, 0.15) is 46.5 Å². The molecule has 0 aliphatic rings. The number of amides is 2. The Morgan fingerprint density at radius 3 is 1.96 bits per heavy atom. The summed E-state index contributed by atoms with van der Waals surface area (Å²) in [6.07, 6.45) is 1.83. The first kappa shape index (κ1) is 18.7. The van der Waals surface area contributed by atoms with Gasteiger partial charge in [-0.05, 0) is 48.6 Å². The fraction of sp³-hybridized carbons (Fsp3) is 0.333. The average molecular weight is 338 g/mol. The molecule has 0 saturated heterocycles. The molecule has 132 valence electrons. The lowest BCUT2D eigenvalue weighted by atomic mass is 10.1. The quantitative estimate of drug-likeness (QED) is 0.725. The summed E-state index contributed by atoms with van der Waals surface area (Å²) in [5, 5.41) is 5.78. The minimum Gasteiger partial charge on any atom is -0.352 e. The van der Waals surface area contributed by atoms with Gasteiger partial charge in [-0.2, -0.15) is 0 Å². The summed E-state index contributed by atoms with van der Waals surface area (Å²) in [7, 11) is 0. The maximum Gasteiger partial charge on any atom is 0.251 e. The first-order chi connectivity index (χ1) is 12.1. The van der Waals surface area contributed by atoms with Crippen LogP contribution in [-0.2, 0) is 6.42 Å². The van der Waals surface area contributed by atoms with Crippen molar-refractivity contribution in [2.45, 2.75) is 26.7 Å². The highest BCUT2D eigenvalue weighted by atomic mass is 16.2. The first-order valence-corrected chi connectivity index (χ1v) is 8.76. The summed E-state index contributed by atoms with van der Waals surface area (Å²) < 4.78 is 0. The van der Waals surface area contributed by atoms with Crippen molar-refractivity contribution >= 4 is 11.8 Å². The van der Waals surface area contributed by atoms with Crippen LogP contribution < -0.4 is 10.6 Å². The minimum absolute atomic E-state index is 0.108. The molecule has 2 N–H and O–H groups in total. The van der Waals surface area contributed by atoms with E-state index >= 15 is 0 Å². The summed E-state index contributed by atoms with van der Waals surface area (Å²) in [5.41, 5.74) is 2.41.